The van der Waals surface area contributed by atoms with E-state index in [9.17, 15) is 0 Å². The summed E-state index contributed by atoms with van der Waals surface area (Å²) >= 11 is 6.08. The first-order valence-corrected chi connectivity index (χ1v) is 10.1. The van der Waals surface area contributed by atoms with Gasteiger partial charge >= 0.3 is 0 Å². The fraction of sp³-hybridized carbons (Fsp3) is 0.429. The number of nitrogens with one attached hydrogen (secondary N) is 2. The van der Waals surface area contributed by atoms with Crippen molar-refractivity contribution in [3.05, 3.63) is 64.9 Å². The zero-order valence-corrected chi connectivity index (χ0v) is 17.0. The van der Waals surface area contributed by atoms with E-state index < -0.39 is 0 Å². The van der Waals surface area contributed by atoms with Crippen LogP contribution < -0.4 is 10.6 Å². The summed E-state index contributed by atoms with van der Waals surface area (Å²) in [4.78, 5) is 11.2. The van der Waals surface area contributed by atoms with Gasteiger partial charge in [-0.25, -0.2) is 0 Å². The van der Waals surface area contributed by atoms with E-state index in [0.29, 0.717) is 0 Å². The SMILES string of the molecule is CN=C(NCCc1ccccn1)NCC(c1ccc(Cl)cc1)N1CCOCC1. The molecule has 7 heteroatoms. The van der Waals surface area contributed by atoms with Crippen LogP contribution in [-0.4, -0.2) is 62.3 Å². The van der Waals surface area contributed by atoms with Crippen molar-refractivity contribution in [2.24, 2.45) is 4.99 Å². The Bertz CT molecular complexity index is 732. The maximum Gasteiger partial charge on any atom is 0.191 e. The number of aromatic nitrogens is 1. The van der Waals surface area contributed by atoms with Crippen LogP contribution in [0.5, 0.6) is 0 Å². The second-order valence-corrected chi connectivity index (χ2v) is 7.10. The molecule has 1 aromatic heterocycles. The second-order valence-electron chi connectivity index (χ2n) is 6.67. The van der Waals surface area contributed by atoms with Crippen LogP contribution in [0.1, 0.15) is 17.3 Å². The molecule has 1 aromatic carbocycles. The molecule has 1 saturated heterocycles. The summed E-state index contributed by atoms with van der Waals surface area (Å²) < 4.78 is 5.52. The molecule has 0 amide bonds. The van der Waals surface area contributed by atoms with E-state index in [-0.39, 0.29) is 6.04 Å². The zero-order chi connectivity index (χ0) is 19.6. The Hall–Kier alpha value is -2.15. The topological polar surface area (TPSA) is 61.8 Å². The van der Waals surface area contributed by atoms with E-state index in [1.54, 1.807) is 7.05 Å². The minimum absolute atomic E-state index is 0.232. The standard InChI is InChI=1S/C21H28ClN5O/c1-23-21(25-11-9-19-4-2-3-10-24-19)26-16-20(27-12-14-28-15-13-27)17-5-7-18(22)8-6-17/h2-8,10,20H,9,11-16H2,1H3,(H2,23,25,26). The Morgan fingerprint density at radius 1 is 1.18 bits per heavy atom. The van der Waals surface area contributed by atoms with Crippen molar-refractivity contribution in [3.63, 3.8) is 0 Å². The molecule has 0 radical (unpaired) electrons. The molecule has 3 rings (SSSR count). The number of guanidine groups is 1. The summed E-state index contributed by atoms with van der Waals surface area (Å²) in [5.41, 5.74) is 2.31. The van der Waals surface area contributed by atoms with Crippen molar-refractivity contribution in [3.8, 4) is 0 Å². The van der Waals surface area contributed by atoms with Gasteiger partial charge in [0.2, 0.25) is 0 Å². The van der Waals surface area contributed by atoms with Crippen LogP contribution in [0, 0.1) is 0 Å². The van der Waals surface area contributed by atoms with E-state index in [1.807, 2.05) is 36.5 Å². The molecule has 0 saturated carbocycles. The molecule has 1 unspecified atom stereocenters. The quantitative estimate of drug-likeness (QED) is 0.551. The Kier molecular flexibility index (Phi) is 8.08. The normalized spacial score (nSPS) is 16.6. The molecule has 28 heavy (non-hydrogen) atoms. The number of hydrogen-bond donors (Lipinski definition) is 2. The Morgan fingerprint density at radius 2 is 1.96 bits per heavy atom. The van der Waals surface area contributed by atoms with Gasteiger partial charge in [0.15, 0.2) is 5.96 Å². The minimum atomic E-state index is 0.232. The highest BCUT2D eigenvalue weighted by molar-refractivity contribution is 6.30. The summed E-state index contributed by atoms with van der Waals surface area (Å²) in [5, 5.41) is 7.59. The molecule has 2 heterocycles. The van der Waals surface area contributed by atoms with Crippen molar-refractivity contribution < 1.29 is 4.74 Å². The first kappa shape index (κ1) is 20.6. The fourth-order valence-corrected chi connectivity index (χ4v) is 3.43. The van der Waals surface area contributed by atoms with Crippen LogP contribution >= 0.6 is 11.6 Å². The lowest BCUT2D eigenvalue weighted by molar-refractivity contribution is 0.0170. The molecule has 0 bridgehead atoms. The first-order chi connectivity index (χ1) is 13.8. The molecule has 150 valence electrons. The van der Waals surface area contributed by atoms with Gasteiger partial charge in [0.1, 0.15) is 0 Å². The molecule has 2 N–H and O–H groups in total. The van der Waals surface area contributed by atoms with Crippen LogP contribution in [0.2, 0.25) is 5.02 Å². The molecular formula is C21H28ClN5O. The molecular weight excluding hydrogens is 374 g/mol. The molecule has 1 atom stereocenters. The highest BCUT2D eigenvalue weighted by atomic mass is 35.5. The number of morpholine rings is 1. The van der Waals surface area contributed by atoms with Crippen LogP contribution in [-0.2, 0) is 11.2 Å². The maximum atomic E-state index is 6.08. The molecule has 1 aliphatic rings. The summed E-state index contributed by atoms with van der Waals surface area (Å²) in [7, 11) is 1.79. The predicted octanol–water partition coefficient (Wildman–Crippen LogP) is 2.52. The van der Waals surface area contributed by atoms with Gasteiger partial charge in [-0.2, -0.15) is 0 Å². The number of rotatable bonds is 7. The van der Waals surface area contributed by atoms with Crippen LogP contribution in [0.3, 0.4) is 0 Å². The third-order valence-electron chi connectivity index (χ3n) is 4.83. The van der Waals surface area contributed by atoms with Gasteiger partial charge in [-0.15, -0.1) is 0 Å². The Morgan fingerprint density at radius 3 is 2.64 bits per heavy atom. The van der Waals surface area contributed by atoms with Crippen molar-refractivity contribution in [2.75, 3.05) is 46.4 Å². The number of aliphatic imine (C=N–C) groups is 1. The second kappa shape index (κ2) is 11.0. The molecule has 0 aliphatic carbocycles. The van der Waals surface area contributed by atoms with Gasteiger partial charge in [-0.3, -0.25) is 14.9 Å². The Balaban J connectivity index is 1.57. The van der Waals surface area contributed by atoms with Crippen molar-refractivity contribution in [1.29, 1.82) is 0 Å². The number of halogens is 1. The average Bonchev–Trinajstić information content (AvgIpc) is 2.75. The number of nitrogens with zero attached hydrogens (tertiary/aromatic N) is 3. The van der Waals surface area contributed by atoms with Gasteiger partial charge in [-0.05, 0) is 29.8 Å². The number of hydrogen-bond acceptors (Lipinski definition) is 4. The van der Waals surface area contributed by atoms with Gasteiger partial charge < -0.3 is 15.4 Å². The van der Waals surface area contributed by atoms with E-state index in [1.165, 1.54) is 5.56 Å². The summed E-state index contributed by atoms with van der Waals surface area (Å²) in [6, 6.07) is 14.3. The lowest BCUT2D eigenvalue weighted by Gasteiger charge is -2.35. The molecule has 2 aromatic rings. The molecule has 6 nitrogen and oxygen atoms in total. The summed E-state index contributed by atoms with van der Waals surface area (Å²) in [6.45, 7) is 4.90. The number of benzene rings is 1. The monoisotopic (exact) mass is 401 g/mol. The minimum Gasteiger partial charge on any atom is -0.379 e. The predicted molar refractivity (Wildman–Crippen MR) is 114 cm³/mol. The lowest BCUT2D eigenvalue weighted by atomic mass is 10.0. The van der Waals surface area contributed by atoms with E-state index in [4.69, 9.17) is 16.3 Å². The van der Waals surface area contributed by atoms with Crippen LogP contribution in [0.4, 0.5) is 0 Å². The number of ether oxygens (including phenoxy) is 1. The fourth-order valence-electron chi connectivity index (χ4n) is 3.30. The number of pyridine rings is 1. The lowest BCUT2D eigenvalue weighted by Crippen LogP contribution is -2.46. The largest absolute Gasteiger partial charge is 0.379 e. The van der Waals surface area contributed by atoms with Crippen molar-refractivity contribution in [2.45, 2.75) is 12.5 Å². The smallest absolute Gasteiger partial charge is 0.191 e. The van der Waals surface area contributed by atoms with E-state index >= 15 is 0 Å². The van der Waals surface area contributed by atoms with Gasteiger partial charge in [0, 0.05) is 56.6 Å². The average molecular weight is 402 g/mol. The Labute approximate surface area is 172 Å². The maximum absolute atomic E-state index is 6.08. The molecule has 1 aliphatic heterocycles. The summed E-state index contributed by atoms with van der Waals surface area (Å²) in [5.74, 6) is 0.795. The highest BCUT2D eigenvalue weighted by Crippen LogP contribution is 2.23. The van der Waals surface area contributed by atoms with Crippen molar-refractivity contribution in [1.82, 2.24) is 20.5 Å². The van der Waals surface area contributed by atoms with Crippen molar-refractivity contribution >= 4 is 17.6 Å². The van der Waals surface area contributed by atoms with E-state index in [0.717, 1.165) is 62.5 Å². The molecule has 1 fully saturated rings. The third-order valence-corrected chi connectivity index (χ3v) is 5.08. The zero-order valence-electron chi connectivity index (χ0n) is 16.3. The van der Waals surface area contributed by atoms with E-state index in [2.05, 4.69) is 37.6 Å². The third kappa shape index (κ3) is 6.19. The van der Waals surface area contributed by atoms with Gasteiger partial charge in [0.05, 0.1) is 19.3 Å². The first-order valence-electron chi connectivity index (χ1n) is 9.68. The van der Waals surface area contributed by atoms with Gasteiger partial charge in [-0.1, -0.05) is 29.8 Å². The van der Waals surface area contributed by atoms with Crippen LogP contribution in [0.15, 0.2) is 53.7 Å². The highest BCUT2D eigenvalue weighted by Gasteiger charge is 2.22. The summed E-state index contributed by atoms with van der Waals surface area (Å²) in [6.07, 6.45) is 2.67. The van der Waals surface area contributed by atoms with Crippen LogP contribution in [0.25, 0.3) is 0 Å². The van der Waals surface area contributed by atoms with Gasteiger partial charge in [0.25, 0.3) is 0 Å². The molecule has 0 spiro atoms.